The van der Waals surface area contributed by atoms with Crippen molar-refractivity contribution in [3.8, 4) is 0 Å². The number of carbonyl (C=O) groups is 2. The highest BCUT2D eigenvalue weighted by molar-refractivity contribution is 9.10. The lowest BCUT2D eigenvalue weighted by molar-refractivity contribution is -1.01. The van der Waals surface area contributed by atoms with E-state index in [1.54, 1.807) is 0 Å². The summed E-state index contributed by atoms with van der Waals surface area (Å²) in [4.78, 5) is 29.5. The number of nitrogens with zero attached hydrogens (tertiary/aromatic N) is 1. The second-order valence-electron chi connectivity index (χ2n) is 7.39. The minimum atomic E-state index is -0.0884. The zero-order chi connectivity index (χ0) is 18.5. The fraction of sp³-hybridized carbons (Fsp3) is 0.579. The maximum absolute atomic E-state index is 12.5. The third kappa shape index (κ3) is 5.05. The van der Waals surface area contributed by atoms with E-state index in [9.17, 15) is 9.59 Å². The van der Waals surface area contributed by atoms with E-state index in [0.717, 1.165) is 62.3 Å². The van der Waals surface area contributed by atoms with Gasteiger partial charge in [-0.15, -0.1) is 0 Å². The maximum Gasteiger partial charge on any atom is 0.282 e. The van der Waals surface area contributed by atoms with Gasteiger partial charge in [-0.05, 0) is 44.0 Å². The van der Waals surface area contributed by atoms with Crippen molar-refractivity contribution < 1.29 is 19.4 Å². The summed E-state index contributed by atoms with van der Waals surface area (Å²) >= 11 is 3.40. The molecule has 1 atom stereocenters. The number of nitrogens with one attached hydrogen (secondary N) is 3. The number of amides is 2. The molecule has 0 unspecified atom stereocenters. The van der Waals surface area contributed by atoms with Gasteiger partial charge in [0.05, 0.1) is 0 Å². The van der Waals surface area contributed by atoms with Crippen molar-refractivity contribution in [1.82, 2.24) is 4.90 Å². The van der Waals surface area contributed by atoms with Crippen LogP contribution in [-0.4, -0.2) is 68.6 Å². The molecular weight excluding hydrogens is 396 g/mol. The Balaban J connectivity index is 1.43. The molecule has 1 aromatic rings. The molecule has 0 saturated carbocycles. The van der Waals surface area contributed by atoms with Gasteiger partial charge in [0.25, 0.3) is 11.8 Å². The molecule has 0 spiro atoms. The number of halogens is 1. The minimum Gasteiger partial charge on any atom is -0.338 e. The van der Waals surface area contributed by atoms with E-state index in [1.165, 1.54) is 9.80 Å². The van der Waals surface area contributed by atoms with Crippen LogP contribution < -0.4 is 15.1 Å². The Morgan fingerprint density at radius 3 is 2.35 bits per heavy atom. The van der Waals surface area contributed by atoms with Crippen molar-refractivity contribution in [3.05, 3.63) is 28.7 Å². The standard InChI is InChI=1S/C19H27BrN4O2/c1-15(19(26)21-17-6-4-16(20)5-7-17)23-12-10-22(11-13-23)14-18(25)24-8-2-3-9-24/h4-7,15H,2-3,8-14H2,1H3,(H,21,26)/p+2/t15-/m1/s1. The van der Waals surface area contributed by atoms with E-state index < -0.39 is 0 Å². The summed E-state index contributed by atoms with van der Waals surface area (Å²) in [6.07, 6.45) is 2.29. The molecule has 2 saturated heterocycles. The molecule has 0 radical (unpaired) electrons. The molecule has 2 aliphatic rings. The van der Waals surface area contributed by atoms with Gasteiger partial charge in [-0.25, -0.2) is 0 Å². The molecule has 0 bridgehead atoms. The minimum absolute atomic E-state index is 0.0546. The average molecular weight is 425 g/mol. The molecule has 142 valence electrons. The third-order valence-electron chi connectivity index (χ3n) is 5.58. The van der Waals surface area contributed by atoms with E-state index in [4.69, 9.17) is 0 Å². The summed E-state index contributed by atoms with van der Waals surface area (Å²) in [5.74, 6) is 0.348. The number of piperazine rings is 1. The van der Waals surface area contributed by atoms with Crippen LogP contribution in [0.4, 0.5) is 5.69 Å². The summed E-state index contributed by atoms with van der Waals surface area (Å²) in [5.41, 5.74) is 0.824. The van der Waals surface area contributed by atoms with Crippen LogP contribution in [0.3, 0.4) is 0 Å². The van der Waals surface area contributed by atoms with Crippen LogP contribution in [-0.2, 0) is 9.59 Å². The van der Waals surface area contributed by atoms with E-state index in [0.29, 0.717) is 12.5 Å². The first-order chi connectivity index (χ1) is 12.5. The zero-order valence-corrected chi connectivity index (χ0v) is 17.0. The Bertz CT molecular complexity index is 623. The molecule has 2 heterocycles. The zero-order valence-electron chi connectivity index (χ0n) is 15.4. The molecule has 1 aromatic carbocycles. The summed E-state index contributed by atoms with van der Waals surface area (Å²) in [7, 11) is 0. The number of benzene rings is 1. The topological polar surface area (TPSA) is 58.3 Å². The molecule has 6 nitrogen and oxygen atoms in total. The number of carbonyl (C=O) groups excluding carboxylic acids is 2. The largest absolute Gasteiger partial charge is 0.338 e. The molecule has 2 aliphatic heterocycles. The predicted molar refractivity (Wildman–Crippen MR) is 104 cm³/mol. The molecule has 7 heteroatoms. The Morgan fingerprint density at radius 1 is 1.12 bits per heavy atom. The van der Waals surface area contributed by atoms with Crippen LogP contribution in [0.1, 0.15) is 19.8 Å². The lowest BCUT2D eigenvalue weighted by Gasteiger charge is -2.32. The number of quaternary nitrogens is 2. The molecule has 0 aliphatic carbocycles. The van der Waals surface area contributed by atoms with Crippen molar-refractivity contribution in [3.63, 3.8) is 0 Å². The number of hydrogen-bond donors (Lipinski definition) is 3. The quantitative estimate of drug-likeness (QED) is 0.578. The first kappa shape index (κ1) is 19.3. The number of hydrogen-bond acceptors (Lipinski definition) is 2. The SMILES string of the molecule is C[C@H](C(=O)Nc1ccc(Br)cc1)[NH+]1CC[NH+](CC(=O)N2CCCC2)CC1. The molecule has 26 heavy (non-hydrogen) atoms. The van der Waals surface area contributed by atoms with Gasteiger partial charge >= 0.3 is 0 Å². The van der Waals surface area contributed by atoms with Gasteiger partial charge in [-0.3, -0.25) is 9.59 Å². The van der Waals surface area contributed by atoms with Crippen LogP contribution >= 0.6 is 15.9 Å². The van der Waals surface area contributed by atoms with E-state index in [1.807, 2.05) is 36.1 Å². The smallest absolute Gasteiger partial charge is 0.282 e. The lowest BCUT2D eigenvalue weighted by atomic mass is 10.2. The van der Waals surface area contributed by atoms with Gasteiger partial charge in [-0.1, -0.05) is 15.9 Å². The van der Waals surface area contributed by atoms with Gasteiger partial charge in [0.15, 0.2) is 12.6 Å². The Labute approximate surface area is 163 Å². The number of rotatable bonds is 5. The molecule has 3 rings (SSSR count). The van der Waals surface area contributed by atoms with Crippen LogP contribution in [0.15, 0.2) is 28.7 Å². The summed E-state index contributed by atoms with van der Waals surface area (Å²) in [6.45, 7) is 8.20. The van der Waals surface area contributed by atoms with Gasteiger partial charge < -0.3 is 20.0 Å². The van der Waals surface area contributed by atoms with Gasteiger partial charge in [0.2, 0.25) is 0 Å². The van der Waals surface area contributed by atoms with Gasteiger partial charge in [-0.2, -0.15) is 0 Å². The van der Waals surface area contributed by atoms with Crippen LogP contribution in [0, 0.1) is 0 Å². The highest BCUT2D eigenvalue weighted by atomic mass is 79.9. The summed E-state index contributed by atoms with van der Waals surface area (Å²) in [5, 5.41) is 3.00. The van der Waals surface area contributed by atoms with Crippen molar-refractivity contribution >= 4 is 33.4 Å². The van der Waals surface area contributed by atoms with Crippen LogP contribution in [0.5, 0.6) is 0 Å². The van der Waals surface area contributed by atoms with Crippen molar-refractivity contribution in [1.29, 1.82) is 0 Å². The van der Waals surface area contributed by atoms with Crippen molar-refractivity contribution in [2.45, 2.75) is 25.8 Å². The normalized spacial score (nSPS) is 24.3. The number of anilines is 1. The highest BCUT2D eigenvalue weighted by Gasteiger charge is 2.32. The average Bonchev–Trinajstić information content (AvgIpc) is 3.18. The van der Waals surface area contributed by atoms with Crippen molar-refractivity contribution in [2.24, 2.45) is 0 Å². The summed E-state index contributed by atoms with van der Waals surface area (Å²) < 4.78 is 0.997. The first-order valence-electron chi connectivity index (χ1n) is 9.55. The Hall–Kier alpha value is -1.44. The van der Waals surface area contributed by atoms with Gasteiger partial charge in [0.1, 0.15) is 26.2 Å². The predicted octanol–water partition coefficient (Wildman–Crippen LogP) is -0.818. The first-order valence-corrected chi connectivity index (χ1v) is 10.3. The maximum atomic E-state index is 12.5. The molecule has 3 N–H and O–H groups in total. The second kappa shape index (κ2) is 8.97. The summed E-state index contributed by atoms with van der Waals surface area (Å²) in [6, 6.07) is 7.56. The fourth-order valence-corrected chi connectivity index (χ4v) is 4.06. The molecular formula is C19H29BrN4O2+2. The lowest BCUT2D eigenvalue weighted by Crippen LogP contribution is -3.30. The molecule has 2 fully saturated rings. The monoisotopic (exact) mass is 424 g/mol. The Morgan fingerprint density at radius 2 is 1.73 bits per heavy atom. The number of likely N-dealkylation sites (tertiary alicyclic amines) is 1. The second-order valence-corrected chi connectivity index (χ2v) is 8.31. The van der Waals surface area contributed by atoms with Gasteiger partial charge in [0, 0.05) is 23.2 Å². The van der Waals surface area contributed by atoms with Crippen molar-refractivity contribution in [2.75, 3.05) is 51.1 Å². The third-order valence-corrected chi connectivity index (χ3v) is 6.11. The van der Waals surface area contributed by atoms with E-state index >= 15 is 0 Å². The molecule has 0 aromatic heterocycles. The fourth-order valence-electron chi connectivity index (χ4n) is 3.80. The highest BCUT2D eigenvalue weighted by Crippen LogP contribution is 2.14. The van der Waals surface area contributed by atoms with Crippen LogP contribution in [0.25, 0.3) is 0 Å². The Kier molecular flexibility index (Phi) is 6.67. The van der Waals surface area contributed by atoms with E-state index in [-0.39, 0.29) is 11.9 Å². The van der Waals surface area contributed by atoms with E-state index in [2.05, 4.69) is 21.2 Å². The van der Waals surface area contributed by atoms with Crippen LogP contribution in [0.2, 0.25) is 0 Å². The molecule has 2 amide bonds.